The van der Waals surface area contributed by atoms with Crippen molar-refractivity contribution >= 4 is 58.4 Å². The van der Waals surface area contributed by atoms with E-state index in [2.05, 4.69) is 24.7 Å². The molecule has 4 rings (SSSR count). The minimum absolute atomic E-state index is 0.136. The molecule has 14 heteroatoms. The van der Waals surface area contributed by atoms with E-state index < -0.39 is 35.5 Å². The first-order valence-corrected chi connectivity index (χ1v) is 15.0. The number of alkyl carbamates (subject to hydrolysis) is 2. The molecule has 2 aromatic rings. The summed E-state index contributed by atoms with van der Waals surface area (Å²) in [5, 5.41) is 8.12. The van der Waals surface area contributed by atoms with Crippen LogP contribution in [0.25, 0.3) is 0 Å². The van der Waals surface area contributed by atoms with Crippen molar-refractivity contribution in [2.24, 2.45) is 0 Å². The van der Waals surface area contributed by atoms with E-state index in [1.54, 1.807) is 53.5 Å². The van der Waals surface area contributed by atoms with Crippen LogP contribution in [0.4, 0.5) is 21.0 Å². The van der Waals surface area contributed by atoms with Gasteiger partial charge in [0.15, 0.2) is 0 Å². The van der Waals surface area contributed by atoms with Gasteiger partial charge >= 0.3 is 12.2 Å². The van der Waals surface area contributed by atoms with Crippen LogP contribution in [0.2, 0.25) is 0 Å². The highest BCUT2D eigenvalue weighted by Crippen LogP contribution is 2.32. The standard InChI is InChI=1S/C14H21N3O3S.C13H19N3O3S/c1-8-11-10(21-16-8)7-6-9(12(18)17(11)5)15-13(19)20-14(2,3)4;1-7-10-9(20-16-7)6-5-8(11(17)15-10)14-12(18)19-13(2,3)4/h9H,6-7H2,1-5H3,(H,15,19);8H,5-6H2,1-4H3,(H,14,18)(H,15,17)/t9-;8-/m00/s1. The van der Waals surface area contributed by atoms with E-state index >= 15 is 0 Å². The molecule has 0 spiro atoms. The maximum atomic E-state index is 12.5. The van der Waals surface area contributed by atoms with E-state index in [9.17, 15) is 19.2 Å². The largest absolute Gasteiger partial charge is 0.444 e. The highest BCUT2D eigenvalue weighted by molar-refractivity contribution is 7.06. The number of ether oxygens (including phenoxy) is 2. The van der Waals surface area contributed by atoms with E-state index in [1.807, 2.05) is 13.8 Å². The Morgan fingerprint density at radius 3 is 1.93 bits per heavy atom. The zero-order chi connectivity index (χ0) is 30.7. The van der Waals surface area contributed by atoms with Crippen LogP contribution in [0.15, 0.2) is 0 Å². The van der Waals surface area contributed by atoms with Gasteiger partial charge in [0.05, 0.1) is 22.8 Å². The predicted molar refractivity (Wildman–Crippen MR) is 159 cm³/mol. The van der Waals surface area contributed by atoms with Gasteiger partial charge < -0.3 is 30.3 Å². The summed E-state index contributed by atoms with van der Waals surface area (Å²) in [6.45, 7) is 14.5. The molecule has 4 heterocycles. The summed E-state index contributed by atoms with van der Waals surface area (Å²) < 4.78 is 18.9. The Morgan fingerprint density at radius 2 is 1.34 bits per heavy atom. The molecule has 2 aliphatic rings. The van der Waals surface area contributed by atoms with Gasteiger partial charge in [0.25, 0.3) is 0 Å². The molecule has 4 amide bonds. The molecule has 0 aromatic carbocycles. The maximum Gasteiger partial charge on any atom is 0.408 e. The smallest absolute Gasteiger partial charge is 0.408 e. The molecule has 226 valence electrons. The van der Waals surface area contributed by atoms with Gasteiger partial charge in [-0.1, -0.05) is 0 Å². The van der Waals surface area contributed by atoms with E-state index in [4.69, 9.17) is 9.47 Å². The number of amides is 4. The van der Waals surface area contributed by atoms with Crippen molar-refractivity contribution < 1.29 is 28.7 Å². The number of carbonyl (C=O) groups excluding carboxylic acids is 4. The summed E-state index contributed by atoms with van der Waals surface area (Å²) in [4.78, 5) is 51.9. The minimum atomic E-state index is -0.580. The molecule has 0 saturated carbocycles. The number of carbonyl (C=O) groups is 4. The van der Waals surface area contributed by atoms with Crippen molar-refractivity contribution in [3.05, 3.63) is 21.1 Å². The van der Waals surface area contributed by atoms with E-state index in [0.29, 0.717) is 19.3 Å². The molecule has 0 radical (unpaired) electrons. The normalized spacial score (nSPS) is 18.9. The average molecular weight is 609 g/mol. The zero-order valence-corrected chi connectivity index (χ0v) is 26.7. The number of aryl methyl sites for hydroxylation is 4. The van der Waals surface area contributed by atoms with Crippen molar-refractivity contribution in [3.63, 3.8) is 0 Å². The van der Waals surface area contributed by atoms with E-state index in [-0.39, 0.29) is 11.8 Å². The fraction of sp³-hybridized carbons (Fsp3) is 0.630. The van der Waals surface area contributed by atoms with Gasteiger partial charge in [0.1, 0.15) is 23.3 Å². The number of nitrogens with zero attached hydrogens (tertiary/aromatic N) is 3. The number of nitrogens with one attached hydrogen (secondary N) is 3. The average Bonchev–Trinajstić information content (AvgIpc) is 3.29. The maximum absolute atomic E-state index is 12.5. The van der Waals surface area contributed by atoms with Crippen molar-refractivity contribution in [3.8, 4) is 0 Å². The van der Waals surface area contributed by atoms with Gasteiger partial charge in [-0.2, -0.15) is 8.75 Å². The molecule has 2 aromatic heterocycles. The molecule has 2 atom stereocenters. The number of likely N-dealkylation sites (N-methyl/N-ethyl adjacent to an activating group) is 1. The van der Waals surface area contributed by atoms with Crippen LogP contribution in [0.3, 0.4) is 0 Å². The molecular formula is C27H40N6O6S2. The molecule has 0 fully saturated rings. The number of aromatic nitrogens is 2. The molecule has 41 heavy (non-hydrogen) atoms. The van der Waals surface area contributed by atoms with Crippen LogP contribution in [0.1, 0.15) is 75.5 Å². The first kappa shape index (κ1) is 32.3. The first-order chi connectivity index (χ1) is 18.9. The molecule has 0 aliphatic carbocycles. The highest BCUT2D eigenvalue weighted by atomic mass is 32.1. The molecule has 0 bridgehead atoms. The Bertz CT molecular complexity index is 1290. The van der Waals surface area contributed by atoms with Crippen molar-refractivity contribution in [2.45, 2.75) is 104 Å². The summed E-state index contributed by atoms with van der Waals surface area (Å²) in [7, 11) is 1.72. The molecule has 0 unspecified atom stereocenters. The molecule has 2 aliphatic heterocycles. The summed E-state index contributed by atoms with van der Waals surface area (Å²) in [6, 6.07) is -1.15. The van der Waals surface area contributed by atoms with E-state index in [0.717, 1.165) is 38.9 Å². The third-order valence-corrected chi connectivity index (χ3v) is 8.04. The Labute approximate surface area is 248 Å². The van der Waals surface area contributed by atoms with Crippen molar-refractivity contribution in [1.82, 2.24) is 19.4 Å². The second kappa shape index (κ2) is 12.7. The van der Waals surface area contributed by atoms with Crippen molar-refractivity contribution in [2.75, 3.05) is 17.3 Å². The van der Waals surface area contributed by atoms with Crippen molar-refractivity contribution in [1.29, 1.82) is 0 Å². The fourth-order valence-corrected chi connectivity index (χ4v) is 6.04. The fourth-order valence-electron chi connectivity index (χ4n) is 4.28. The lowest BCUT2D eigenvalue weighted by atomic mass is 10.1. The topological polar surface area (TPSA) is 152 Å². The van der Waals surface area contributed by atoms with Crippen LogP contribution in [0.5, 0.6) is 0 Å². The van der Waals surface area contributed by atoms with Crippen LogP contribution >= 0.6 is 23.1 Å². The second-order valence-corrected chi connectivity index (χ2v) is 13.7. The Balaban J connectivity index is 0.000000226. The Morgan fingerprint density at radius 1 is 0.854 bits per heavy atom. The van der Waals surface area contributed by atoms with Gasteiger partial charge in [0.2, 0.25) is 11.8 Å². The molecular weight excluding hydrogens is 568 g/mol. The summed E-state index contributed by atoms with van der Waals surface area (Å²) >= 11 is 2.80. The SMILES string of the molecule is Cc1nsc2c1N(C)C(=O)[C@@H](NC(=O)OC(C)(C)C)CC2.Cc1nsc2c1NC(=O)[C@@H](NC(=O)OC(C)(C)C)CC2. The lowest BCUT2D eigenvalue weighted by molar-refractivity contribution is -0.120. The van der Waals surface area contributed by atoms with Gasteiger partial charge in [-0.15, -0.1) is 0 Å². The summed E-state index contributed by atoms with van der Waals surface area (Å²) in [6.07, 6.45) is 1.39. The minimum Gasteiger partial charge on any atom is -0.444 e. The van der Waals surface area contributed by atoms with Gasteiger partial charge in [-0.05, 0) is 104 Å². The molecule has 12 nitrogen and oxygen atoms in total. The van der Waals surface area contributed by atoms with Crippen LogP contribution < -0.4 is 20.9 Å². The van der Waals surface area contributed by atoms with Crippen LogP contribution in [-0.2, 0) is 31.9 Å². The predicted octanol–water partition coefficient (Wildman–Crippen LogP) is 4.48. The summed E-state index contributed by atoms with van der Waals surface area (Å²) in [5.41, 5.74) is 2.17. The number of hydrogen-bond donors (Lipinski definition) is 3. The van der Waals surface area contributed by atoms with Crippen LogP contribution in [-0.4, -0.2) is 63.1 Å². The molecule has 3 N–H and O–H groups in total. The summed E-state index contributed by atoms with van der Waals surface area (Å²) in [5.74, 6) is -0.360. The van der Waals surface area contributed by atoms with Gasteiger partial charge in [-0.3, -0.25) is 9.59 Å². The third kappa shape index (κ3) is 8.86. The number of anilines is 2. The van der Waals surface area contributed by atoms with E-state index in [1.165, 1.54) is 23.1 Å². The van der Waals surface area contributed by atoms with Gasteiger partial charge in [-0.25, -0.2) is 9.59 Å². The third-order valence-electron chi connectivity index (χ3n) is 6.06. The lowest BCUT2D eigenvalue weighted by Gasteiger charge is -2.24. The number of fused-ring (bicyclic) bond motifs is 2. The quantitative estimate of drug-likeness (QED) is 0.451. The first-order valence-electron chi connectivity index (χ1n) is 13.4. The monoisotopic (exact) mass is 608 g/mol. The second-order valence-electron chi connectivity index (χ2n) is 12.0. The highest BCUT2D eigenvalue weighted by Gasteiger charge is 2.33. The van der Waals surface area contributed by atoms with Gasteiger partial charge in [0, 0.05) is 16.8 Å². The zero-order valence-electron chi connectivity index (χ0n) is 25.1. The lowest BCUT2D eigenvalue weighted by Crippen LogP contribution is -2.48. The number of rotatable bonds is 2. The molecule has 0 saturated heterocycles. The Kier molecular flexibility index (Phi) is 10.0. The Hall–Kier alpha value is -3.26. The number of hydrogen-bond acceptors (Lipinski definition) is 10. The van der Waals surface area contributed by atoms with Crippen LogP contribution in [0, 0.1) is 13.8 Å².